The zero-order valence-electron chi connectivity index (χ0n) is 9.58. The average Bonchev–Trinajstić information content (AvgIpc) is 2.78. The lowest BCUT2D eigenvalue weighted by molar-refractivity contribution is 0.163. The van der Waals surface area contributed by atoms with Crippen molar-refractivity contribution in [3.8, 4) is 0 Å². The number of aliphatic hydroxyl groups excluding tert-OH is 1. The van der Waals surface area contributed by atoms with E-state index in [0.717, 1.165) is 30.6 Å². The maximum Gasteiger partial charge on any atom is 0.0613 e. The van der Waals surface area contributed by atoms with Crippen LogP contribution in [-0.4, -0.2) is 17.3 Å². The van der Waals surface area contributed by atoms with Crippen molar-refractivity contribution in [1.82, 2.24) is 5.32 Å². The van der Waals surface area contributed by atoms with Crippen LogP contribution in [0.25, 0.3) is 0 Å². The molecule has 1 aliphatic carbocycles. The van der Waals surface area contributed by atoms with E-state index >= 15 is 0 Å². The summed E-state index contributed by atoms with van der Waals surface area (Å²) < 4.78 is 0. The second kappa shape index (κ2) is 4.85. The molecule has 16 heavy (non-hydrogen) atoms. The van der Waals surface area contributed by atoms with E-state index in [2.05, 4.69) is 5.32 Å². The van der Waals surface area contributed by atoms with Crippen molar-refractivity contribution in [2.24, 2.45) is 0 Å². The summed E-state index contributed by atoms with van der Waals surface area (Å²) in [6.07, 6.45) is 4.54. The first-order valence-electron chi connectivity index (χ1n) is 5.95. The smallest absolute Gasteiger partial charge is 0.0613 e. The van der Waals surface area contributed by atoms with Crippen LogP contribution in [-0.2, 0) is 6.54 Å². The number of anilines is 1. The van der Waals surface area contributed by atoms with Gasteiger partial charge >= 0.3 is 0 Å². The molecule has 0 unspecified atom stereocenters. The summed E-state index contributed by atoms with van der Waals surface area (Å²) in [6.45, 7) is 0.965. The summed E-state index contributed by atoms with van der Waals surface area (Å²) in [7, 11) is 0. The maximum atomic E-state index is 9.47. The Balaban J connectivity index is 1.98. The fraction of sp³-hybridized carbons (Fsp3) is 0.538. The lowest BCUT2D eigenvalue weighted by Gasteiger charge is -2.28. The third-order valence-electron chi connectivity index (χ3n) is 3.57. The van der Waals surface area contributed by atoms with Crippen LogP contribution >= 0.6 is 0 Å². The minimum atomic E-state index is -0.0672. The van der Waals surface area contributed by atoms with E-state index in [1.165, 1.54) is 12.8 Å². The van der Waals surface area contributed by atoms with Crippen molar-refractivity contribution < 1.29 is 5.11 Å². The first-order valence-corrected chi connectivity index (χ1v) is 5.95. The monoisotopic (exact) mass is 220 g/mol. The molecular weight excluding hydrogens is 200 g/mol. The maximum absolute atomic E-state index is 9.47. The predicted octanol–water partition coefficient (Wildman–Crippen LogP) is 1.66. The third-order valence-corrected chi connectivity index (χ3v) is 3.57. The van der Waals surface area contributed by atoms with E-state index in [1.807, 2.05) is 24.3 Å². The molecule has 2 rings (SSSR count). The number of nitrogens with one attached hydrogen (secondary N) is 1. The van der Waals surface area contributed by atoms with Gasteiger partial charge in [0.05, 0.1) is 6.61 Å². The van der Waals surface area contributed by atoms with Gasteiger partial charge in [-0.25, -0.2) is 0 Å². The van der Waals surface area contributed by atoms with Crippen molar-refractivity contribution >= 4 is 5.69 Å². The molecule has 3 nitrogen and oxygen atoms in total. The van der Waals surface area contributed by atoms with Gasteiger partial charge in [0.15, 0.2) is 0 Å². The van der Waals surface area contributed by atoms with Gasteiger partial charge in [-0.15, -0.1) is 0 Å². The molecule has 0 aromatic heterocycles. The van der Waals surface area contributed by atoms with Gasteiger partial charge in [0.1, 0.15) is 0 Å². The number of rotatable bonds is 4. The molecule has 1 saturated carbocycles. The van der Waals surface area contributed by atoms with E-state index in [-0.39, 0.29) is 12.1 Å². The Morgan fingerprint density at radius 2 is 1.94 bits per heavy atom. The Hall–Kier alpha value is -1.06. The van der Waals surface area contributed by atoms with E-state index < -0.39 is 0 Å². The van der Waals surface area contributed by atoms with E-state index in [1.54, 1.807) is 0 Å². The Labute approximate surface area is 96.7 Å². The lowest BCUT2D eigenvalue weighted by atomic mass is 9.98. The molecule has 1 aromatic carbocycles. The molecule has 0 atom stereocenters. The van der Waals surface area contributed by atoms with E-state index in [9.17, 15) is 5.11 Å². The molecule has 0 saturated heterocycles. The standard InChI is InChI=1S/C13H20N2O/c14-12-6-2-1-5-11(12)9-15-13(10-16)7-3-4-8-13/h1-2,5-6,15-16H,3-4,7-10,14H2. The van der Waals surface area contributed by atoms with Crippen molar-refractivity contribution in [2.45, 2.75) is 37.8 Å². The molecule has 88 valence electrons. The number of hydrogen-bond donors (Lipinski definition) is 3. The quantitative estimate of drug-likeness (QED) is 0.676. The van der Waals surface area contributed by atoms with Crippen LogP contribution in [0, 0.1) is 0 Å². The second-order valence-corrected chi connectivity index (χ2v) is 4.70. The fourth-order valence-electron chi connectivity index (χ4n) is 2.42. The first-order chi connectivity index (χ1) is 7.76. The number of para-hydroxylation sites is 1. The van der Waals surface area contributed by atoms with Crippen LogP contribution in [0.15, 0.2) is 24.3 Å². The van der Waals surface area contributed by atoms with Gasteiger partial charge in [-0.05, 0) is 24.5 Å². The molecular formula is C13H20N2O. The lowest BCUT2D eigenvalue weighted by Crippen LogP contribution is -2.45. The molecule has 0 aliphatic heterocycles. The molecule has 0 radical (unpaired) electrons. The highest BCUT2D eigenvalue weighted by molar-refractivity contribution is 5.46. The van der Waals surface area contributed by atoms with Crippen molar-refractivity contribution in [2.75, 3.05) is 12.3 Å². The number of nitrogens with two attached hydrogens (primary N) is 1. The Kier molecular flexibility index (Phi) is 3.46. The highest BCUT2D eigenvalue weighted by Crippen LogP contribution is 2.29. The molecule has 4 N–H and O–H groups in total. The highest BCUT2D eigenvalue weighted by Gasteiger charge is 2.32. The topological polar surface area (TPSA) is 58.3 Å². The van der Waals surface area contributed by atoms with Gasteiger partial charge in [-0.3, -0.25) is 0 Å². The summed E-state index contributed by atoms with van der Waals surface area (Å²) in [6, 6.07) is 7.88. The summed E-state index contributed by atoms with van der Waals surface area (Å²) in [5.41, 5.74) is 7.75. The Morgan fingerprint density at radius 3 is 2.56 bits per heavy atom. The molecule has 3 heteroatoms. The van der Waals surface area contributed by atoms with E-state index in [0.29, 0.717) is 0 Å². The molecule has 0 amide bonds. The van der Waals surface area contributed by atoms with Gasteiger partial charge in [-0.1, -0.05) is 31.0 Å². The summed E-state index contributed by atoms with van der Waals surface area (Å²) >= 11 is 0. The Morgan fingerprint density at radius 1 is 1.25 bits per heavy atom. The van der Waals surface area contributed by atoms with Crippen molar-refractivity contribution in [3.63, 3.8) is 0 Å². The molecule has 1 aliphatic rings. The molecule has 1 fully saturated rings. The van der Waals surface area contributed by atoms with Crippen LogP contribution in [0.1, 0.15) is 31.2 Å². The summed E-state index contributed by atoms with van der Waals surface area (Å²) in [5, 5.41) is 12.9. The molecule has 0 bridgehead atoms. The normalized spacial score (nSPS) is 18.8. The van der Waals surface area contributed by atoms with Gasteiger partial charge in [-0.2, -0.15) is 0 Å². The number of aliphatic hydroxyl groups is 1. The van der Waals surface area contributed by atoms with Gasteiger partial charge in [0.25, 0.3) is 0 Å². The van der Waals surface area contributed by atoms with Crippen molar-refractivity contribution in [3.05, 3.63) is 29.8 Å². The second-order valence-electron chi connectivity index (χ2n) is 4.70. The molecule has 0 spiro atoms. The minimum absolute atomic E-state index is 0.0672. The zero-order chi connectivity index (χ0) is 11.4. The Bertz CT molecular complexity index is 346. The van der Waals surface area contributed by atoms with Crippen LogP contribution in [0.4, 0.5) is 5.69 Å². The number of nitrogen functional groups attached to an aromatic ring is 1. The summed E-state index contributed by atoms with van der Waals surface area (Å²) in [5.74, 6) is 0. The first kappa shape index (κ1) is 11.4. The fourth-order valence-corrected chi connectivity index (χ4v) is 2.42. The van der Waals surface area contributed by atoms with Crippen LogP contribution < -0.4 is 11.1 Å². The SMILES string of the molecule is Nc1ccccc1CNC1(CO)CCCC1. The van der Waals surface area contributed by atoms with Gasteiger partial charge < -0.3 is 16.2 Å². The highest BCUT2D eigenvalue weighted by atomic mass is 16.3. The largest absolute Gasteiger partial charge is 0.398 e. The van der Waals surface area contributed by atoms with Crippen molar-refractivity contribution in [1.29, 1.82) is 0 Å². The predicted molar refractivity (Wildman–Crippen MR) is 66.0 cm³/mol. The number of hydrogen-bond acceptors (Lipinski definition) is 3. The van der Waals surface area contributed by atoms with Gasteiger partial charge in [0.2, 0.25) is 0 Å². The van der Waals surface area contributed by atoms with Gasteiger partial charge in [0, 0.05) is 17.8 Å². The number of benzene rings is 1. The van der Waals surface area contributed by atoms with Crippen LogP contribution in [0.2, 0.25) is 0 Å². The zero-order valence-corrected chi connectivity index (χ0v) is 9.58. The molecule has 1 aromatic rings. The average molecular weight is 220 g/mol. The van der Waals surface area contributed by atoms with Crippen LogP contribution in [0.3, 0.4) is 0 Å². The van der Waals surface area contributed by atoms with E-state index in [4.69, 9.17) is 5.73 Å². The minimum Gasteiger partial charge on any atom is -0.398 e. The molecule has 0 heterocycles. The third kappa shape index (κ3) is 2.36. The van der Waals surface area contributed by atoms with Crippen LogP contribution in [0.5, 0.6) is 0 Å². The summed E-state index contributed by atoms with van der Waals surface area (Å²) in [4.78, 5) is 0.